The van der Waals surface area contributed by atoms with Crippen LogP contribution >= 0.6 is 0 Å². The van der Waals surface area contributed by atoms with Crippen molar-refractivity contribution in [2.75, 3.05) is 19.5 Å². The standard InChI is InChI=1S/C21H23NO3/c1-24-18-10-7-16(8-11-18)19-14-17(9-12-20(19)25-2)22-21(23)13-15-5-3-4-6-15/h3,5,7-12,14-15H,4,6,13H2,1-2H3,(H,22,23)/t15-/m0/s1. The number of allylic oxidation sites excluding steroid dienone is 2. The fourth-order valence-corrected chi connectivity index (χ4v) is 3.10. The summed E-state index contributed by atoms with van der Waals surface area (Å²) >= 11 is 0. The number of hydrogen-bond donors (Lipinski definition) is 1. The van der Waals surface area contributed by atoms with Crippen molar-refractivity contribution < 1.29 is 14.3 Å². The van der Waals surface area contributed by atoms with Crippen molar-refractivity contribution in [3.8, 4) is 22.6 Å². The number of anilines is 1. The molecular weight excluding hydrogens is 314 g/mol. The number of hydrogen-bond acceptors (Lipinski definition) is 3. The summed E-state index contributed by atoms with van der Waals surface area (Å²) in [4.78, 5) is 12.3. The molecule has 25 heavy (non-hydrogen) atoms. The fourth-order valence-electron chi connectivity index (χ4n) is 3.10. The van der Waals surface area contributed by atoms with Crippen molar-refractivity contribution in [1.29, 1.82) is 0 Å². The van der Waals surface area contributed by atoms with Gasteiger partial charge in [-0.15, -0.1) is 0 Å². The van der Waals surface area contributed by atoms with Crippen LogP contribution in [0.15, 0.2) is 54.6 Å². The molecule has 3 rings (SSSR count). The molecule has 1 N–H and O–H groups in total. The smallest absolute Gasteiger partial charge is 0.224 e. The molecule has 0 spiro atoms. The molecule has 0 heterocycles. The van der Waals surface area contributed by atoms with E-state index in [1.165, 1.54) is 0 Å². The van der Waals surface area contributed by atoms with Crippen molar-refractivity contribution in [1.82, 2.24) is 0 Å². The first kappa shape index (κ1) is 17.1. The van der Waals surface area contributed by atoms with Crippen LogP contribution in [0, 0.1) is 5.92 Å². The molecule has 0 fully saturated rings. The molecule has 0 unspecified atom stereocenters. The van der Waals surface area contributed by atoms with Gasteiger partial charge in [-0.3, -0.25) is 4.79 Å². The number of benzene rings is 2. The molecule has 2 aromatic rings. The first-order valence-electron chi connectivity index (χ1n) is 8.48. The molecule has 0 aromatic heterocycles. The molecule has 0 aliphatic heterocycles. The second-order valence-corrected chi connectivity index (χ2v) is 6.16. The molecular formula is C21H23NO3. The van der Waals surface area contributed by atoms with Gasteiger partial charge in [-0.05, 0) is 54.7 Å². The van der Waals surface area contributed by atoms with Crippen LogP contribution in [0.2, 0.25) is 0 Å². The van der Waals surface area contributed by atoms with Gasteiger partial charge in [-0.2, -0.15) is 0 Å². The molecule has 1 aliphatic rings. The molecule has 4 nitrogen and oxygen atoms in total. The zero-order valence-corrected chi connectivity index (χ0v) is 14.6. The average molecular weight is 337 g/mol. The Kier molecular flexibility index (Phi) is 5.39. The summed E-state index contributed by atoms with van der Waals surface area (Å²) in [6.45, 7) is 0. The number of nitrogens with one attached hydrogen (secondary N) is 1. The monoisotopic (exact) mass is 337 g/mol. The van der Waals surface area contributed by atoms with Gasteiger partial charge in [0.15, 0.2) is 0 Å². The molecule has 0 saturated carbocycles. The summed E-state index contributed by atoms with van der Waals surface area (Å²) in [5.74, 6) is 1.97. The lowest BCUT2D eigenvalue weighted by molar-refractivity contribution is -0.116. The van der Waals surface area contributed by atoms with E-state index in [4.69, 9.17) is 9.47 Å². The predicted octanol–water partition coefficient (Wildman–Crippen LogP) is 4.67. The maximum Gasteiger partial charge on any atom is 0.224 e. The molecule has 0 saturated heterocycles. The van der Waals surface area contributed by atoms with Crippen LogP contribution in [0.4, 0.5) is 5.69 Å². The van der Waals surface area contributed by atoms with Gasteiger partial charge >= 0.3 is 0 Å². The molecule has 1 amide bonds. The number of carbonyl (C=O) groups excluding carboxylic acids is 1. The molecule has 0 radical (unpaired) electrons. The highest BCUT2D eigenvalue weighted by molar-refractivity contribution is 5.92. The summed E-state index contributed by atoms with van der Waals surface area (Å²) in [5, 5.41) is 3.00. The molecule has 1 aliphatic carbocycles. The number of carbonyl (C=O) groups is 1. The normalized spacial score (nSPS) is 15.8. The Balaban J connectivity index is 1.78. The van der Waals surface area contributed by atoms with Crippen molar-refractivity contribution in [2.24, 2.45) is 5.92 Å². The first-order chi connectivity index (χ1) is 12.2. The van der Waals surface area contributed by atoms with Gasteiger partial charge in [0, 0.05) is 17.7 Å². The highest BCUT2D eigenvalue weighted by atomic mass is 16.5. The lowest BCUT2D eigenvalue weighted by Crippen LogP contribution is -2.14. The maximum atomic E-state index is 12.3. The third kappa shape index (κ3) is 4.21. The summed E-state index contributed by atoms with van der Waals surface area (Å²) in [5.41, 5.74) is 2.72. The Hall–Kier alpha value is -2.75. The molecule has 2 aromatic carbocycles. The Labute approximate surface area is 148 Å². The second kappa shape index (κ2) is 7.88. The summed E-state index contributed by atoms with van der Waals surface area (Å²) in [7, 11) is 3.29. The van der Waals surface area contributed by atoms with Crippen LogP contribution in [-0.4, -0.2) is 20.1 Å². The zero-order chi connectivity index (χ0) is 17.6. The van der Waals surface area contributed by atoms with Gasteiger partial charge in [0.25, 0.3) is 0 Å². The minimum absolute atomic E-state index is 0.0439. The van der Waals surface area contributed by atoms with Gasteiger partial charge < -0.3 is 14.8 Å². The van der Waals surface area contributed by atoms with E-state index in [1.54, 1.807) is 14.2 Å². The van der Waals surface area contributed by atoms with Crippen LogP contribution < -0.4 is 14.8 Å². The Morgan fingerprint density at radius 2 is 1.92 bits per heavy atom. The minimum Gasteiger partial charge on any atom is -0.497 e. The third-order valence-electron chi connectivity index (χ3n) is 4.44. The quantitative estimate of drug-likeness (QED) is 0.780. The van der Waals surface area contributed by atoms with E-state index in [2.05, 4.69) is 17.5 Å². The second-order valence-electron chi connectivity index (χ2n) is 6.16. The number of rotatable bonds is 6. The fraction of sp³-hybridized carbons (Fsp3) is 0.286. The summed E-state index contributed by atoms with van der Waals surface area (Å²) < 4.78 is 10.7. The number of ether oxygens (including phenoxy) is 2. The van der Waals surface area contributed by atoms with Gasteiger partial charge in [-0.1, -0.05) is 24.3 Å². The van der Waals surface area contributed by atoms with E-state index >= 15 is 0 Å². The van der Waals surface area contributed by atoms with Gasteiger partial charge in [0.1, 0.15) is 11.5 Å². The van der Waals surface area contributed by atoms with Crippen LogP contribution in [0.1, 0.15) is 19.3 Å². The number of amides is 1. The van der Waals surface area contributed by atoms with Crippen molar-refractivity contribution in [3.05, 3.63) is 54.6 Å². The zero-order valence-electron chi connectivity index (χ0n) is 14.6. The van der Waals surface area contributed by atoms with Crippen molar-refractivity contribution in [2.45, 2.75) is 19.3 Å². The van der Waals surface area contributed by atoms with E-state index in [0.29, 0.717) is 12.3 Å². The van der Waals surface area contributed by atoms with Crippen LogP contribution in [-0.2, 0) is 4.79 Å². The maximum absolute atomic E-state index is 12.3. The molecule has 1 atom stereocenters. The predicted molar refractivity (Wildman–Crippen MR) is 100 cm³/mol. The molecule has 4 heteroatoms. The SMILES string of the molecule is COc1ccc(-c2cc(NC(=O)C[C@H]3C=CCC3)ccc2OC)cc1. The molecule has 0 bridgehead atoms. The number of methoxy groups -OCH3 is 2. The Morgan fingerprint density at radius 1 is 1.12 bits per heavy atom. The molecule has 130 valence electrons. The van der Waals surface area contributed by atoms with E-state index in [-0.39, 0.29) is 5.91 Å². The van der Waals surface area contributed by atoms with Gasteiger partial charge in [0.2, 0.25) is 5.91 Å². The van der Waals surface area contributed by atoms with Gasteiger partial charge in [0.05, 0.1) is 14.2 Å². The van der Waals surface area contributed by atoms with Gasteiger partial charge in [-0.25, -0.2) is 0 Å². The first-order valence-corrected chi connectivity index (χ1v) is 8.48. The lowest BCUT2D eigenvalue weighted by Gasteiger charge is -2.13. The largest absolute Gasteiger partial charge is 0.497 e. The van der Waals surface area contributed by atoms with E-state index < -0.39 is 0 Å². The minimum atomic E-state index is 0.0439. The highest BCUT2D eigenvalue weighted by Gasteiger charge is 2.15. The van der Waals surface area contributed by atoms with E-state index in [1.807, 2.05) is 42.5 Å². The van der Waals surface area contributed by atoms with E-state index in [0.717, 1.165) is 41.2 Å². The topological polar surface area (TPSA) is 47.6 Å². The summed E-state index contributed by atoms with van der Waals surface area (Å²) in [6, 6.07) is 13.5. The summed E-state index contributed by atoms with van der Waals surface area (Å²) in [6.07, 6.45) is 6.94. The Morgan fingerprint density at radius 3 is 2.56 bits per heavy atom. The van der Waals surface area contributed by atoms with Crippen LogP contribution in [0.5, 0.6) is 11.5 Å². The average Bonchev–Trinajstić information content (AvgIpc) is 3.14. The van der Waals surface area contributed by atoms with Crippen molar-refractivity contribution >= 4 is 11.6 Å². The van der Waals surface area contributed by atoms with E-state index in [9.17, 15) is 4.79 Å². The van der Waals surface area contributed by atoms with Crippen LogP contribution in [0.25, 0.3) is 11.1 Å². The third-order valence-corrected chi connectivity index (χ3v) is 4.44. The Bertz CT molecular complexity index is 765. The van der Waals surface area contributed by atoms with Crippen molar-refractivity contribution in [3.63, 3.8) is 0 Å². The highest BCUT2D eigenvalue weighted by Crippen LogP contribution is 2.33. The van der Waals surface area contributed by atoms with Crippen LogP contribution in [0.3, 0.4) is 0 Å². The lowest BCUT2D eigenvalue weighted by atomic mass is 10.0.